The van der Waals surface area contributed by atoms with Crippen LogP contribution in [0.15, 0.2) is 12.3 Å². The van der Waals surface area contributed by atoms with Gasteiger partial charge in [-0.25, -0.2) is 9.37 Å². The van der Waals surface area contributed by atoms with E-state index in [0.29, 0.717) is 13.1 Å². The number of carbonyl (C=O) groups is 1. The smallest absolute Gasteiger partial charge is 0.254 e. The van der Waals surface area contributed by atoms with Gasteiger partial charge in [-0.3, -0.25) is 4.79 Å². The molecule has 2 N–H and O–H groups in total. The molecule has 2 rings (SSSR count). The van der Waals surface area contributed by atoms with E-state index in [0.717, 1.165) is 18.6 Å². The normalized spacial score (nSPS) is 21.3. The monoisotopic (exact) mass is 311 g/mol. The number of halogens is 1. The second-order valence-corrected chi connectivity index (χ2v) is 7.21. The molecule has 1 unspecified atom stereocenters. The number of thioether (sulfide) groups is 1. The minimum absolute atomic E-state index is 0.0511. The van der Waals surface area contributed by atoms with Crippen LogP contribution in [0.1, 0.15) is 43.5 Å². The van der Waals surface area contributed by atoms with E-state index in [1.165, 1.54) is 18.7 Å². The van der Waals surface area contributed by atoms with Gasteiger partial charge in [-0.1, -0.05) is 6.92 Å². The largest absolute Gasteiger partial charge is 0.368 e. The topological polar surface area (TPSA) is 54.0 Å². The summed E-state index contributed by atoms with van der Waals surface area (Å²) in [7, 11) is 0. The molecule has 1 aromatic rings. The fourth-order valence-electron chi connectivity index (χ4n) is 2.32. The number of aromatic nitrogens is 1. The maximum absolute atomic E-state index is 14.3. The third kappa shape index (κ3) is 4.09. The van der Waals surface area contributed by atoms with Crippen LogP contribution in [0.3, 0.4) is 0 Å². The Morgan fingerprint density at radius 2 is 2.38 bits per heavy atom. The maximum Gasteiger partial charge on any atom is 0.254 e. The van der Waals surface area contributed by atoms with Crippen LogP contribution in [0.2, 0.25) is 0 Å². The summed E-state index contributed by atoms with van der Waals surface area (Å²) in [6.45, 7) is 5.32. The first-order valence-electron chi connectivity index (χ1n) is 7.36. The van der Waals surface area contributed by atoms with E-state index >= 15 is 0 Å². The van der Waals surface area contributed by atoms with E-state index in [1.807, 2.05) is 18.7 Å². The Labute approximate surface area is 129 Å². The van der Waals surface area contributed by atoms with Gasteiger partial charge in [0.2, 0.25) is 0 Å². The second-order valence-electron chi connectivity index (χ2n) is 5.53. The van der Waals surface area contributed by atoms with Crippen LogP contribution in [0.5, 0.6) is 0 Å². The van der Waals surface area contributed by atoms with Gasteiger partial charge >= 0.3 is 0 Å². The van der Waals surface area contributed by atoms with E-state index < -0.39 is 5.82 Å². The minimum atomic E-state index is -0.576. The molecule has 2 heterocycles. The lowest BCUT2D eigenvalue weighted by molar-refractivity contribution is 0.0946. The highest BCUT2D eigenvalue weighted by molar-refractivity contribution is 8.00. The maximum atomic E-state index is 14.3. The Kier molecular flexibility index (Phi) is 5.45. The Balaban J connectivity index is 2.01. The number of anilines is 1. The van der Waals surface area contributed by atoms with Crippen molar-refractivity contribution in [2.75, 3.05) is 24.2 Å². The number of rotatable bonds is 6. The Morgan fingerprint density at radius 3 is 3.05 bits per heavy atom. The zero-order chi connectivity index (χ0) is 15.3. The molecule has 1 atom stereocenters. The summed E-state index contributed by atoms with van der Waals surface area (Å²) in [4.78, 5) is 16.1. The number of hydrogen-bond acceptors (Lipinski definition) is 4. The van der Waals surface area contributed by atoms with Gasteiger partial charge < -0.3 is 10.6 Å². The predicted octanol–water partition coefficient (Wildman–Crippen LogP) is 3.06. The Morgan fingerprint density at radius 1 is 1.57 bits per heavy atom. The van der Waals surface area contributed by atoms with Gasteiger partial charge in [0.15, 0.2) is 11.6 Å². The summed E-state index contributed by atoms with van der Waals surface area (Å²) in [6, 6.07) is 1.42. The van der Waals surface area contributed by atoms with Crippen LogP contribution in [0.25, 0.3) is 0 Å². The third-order valence-corrected chi connectivity index (χ3v) is 5.14. The van der Waals surface area contributed by atoms with Crippen molar-refractivity contribution in [1.82, 2.24) is 10.3 Å². The standard InChI is InChI=1S/C15H22FN3OS/c1-3-7-17-13-12(16)11(5-8-18-13)14(20)19-10-15(2)6-4-9-21-15/h5,8H,3-4,6-7,9-10H2,1-2H3,(H,17,18)(H,19,20). The molecule has 0 saturated carbocycles. The molecule has 1 aliphatic heterocycles. The molecule has 0 bridgehead atoms. The highest BCUT2D eigenvalue weighted by atomic mass is 32.2. The first-order chi connectivity index (χ1) is 10.1. The Hall–Kier alpha value is -1.30. The van der Waals surface area contributed by atoms with Crippen molar-refractivity contribution in [1.29, 1.82) is 0 Å². The second kappa shape index (κ2) is 7.11. The van der Waals surface area contributed by atoms with Crippen molar-refractivity contribution in [3.8, 4) is 0 Å². The number of nitrogens with one attached hydrogen (secondary N) is 2. The quantitative estimate of drug-likeness (QED) is 0.848. The van der Waals surface area contributed by atoms with Crippen molar-refractivity contribution >= 4 is 23.5 Å². The molecule has 0 aromatic carbocycles. The number of amides is 1. The van der Waals surface area contributed by atoms with Gasteiger partial charge in [0.25, 0.3) is 5.91 Å². The summed E-state index contributed by atoms with van der Waals surface area (Å²) in [5, 5.41) is 5.74. The lowest BCUT2D eigenvalue weighted by atomic mass is 10.1. The van der Waals surface area contributed by atoms with E-state index in [-0.39, 0.29) is 22.0 Å². The number of hydrogen-bond donors (Lipinski definition) is 2. The van der Waals surface area contributed by atoms with Crippen LogP contribution in [0, 0.1) is 5.82 Å². The molecule has 0 spiro atoms. The molecule has 0 aliphatic carbocycles. The number of carbonyl (C=O) groups excluding carboxylic acids is 1. The van der Waals surface area contributed by atoms with E-state index in [2.05, 4.69) is 22.5 Å². The molecule has 116 valence electrons. The third-order valence-electron chi connectivity index (χ3n) is 3.60. The van der Waals surface area contributed by atoms with E-state index in [1.54, 1.807) is 0 Å². The average Bonchev–Trinajstić information content (AvgIpc) is 2.91. The van der Waals surface area contributed by atoms with Crippen molar-refractivity contribution in [3.63, 3.8) is 0 Å². The molecule has 1 aliphatic rings. The van der Waals surface area contributed by atoms with E-state index in [4.69, 9.17) is 0 Å². The molecule has 1 saturated heterocycles. The van der Waals surface area contributed by atoms with Crippen molar-refractivity contribution < 1.29 is 9.18 Å². The van der Waals surface area contributed by atoms with Crippen LogP contribution in [-0.4, -0.2) is 34.5 Å². The van der Waals surface area contributed by atoms with Crippen LogP contribution in [0.4, 0.5) is 10.2 Å². The first kappa shape index (κ1) is 16.1. The zero-order valence-electron chi connectivity index (χ0n) is 12.5. The zero-order valence-corrected chi connectivity index (χ0v) is 13.4. The molecule has 1 aromatic heterocycles. The van der Waals surface area contributed by atoms with Crippen molar-refractivity contribution in [2.45, 2.75) is 37.9 Å². The fourth-order valence-corrected chi connectivity index (χ4v) is 3.57. The van der Waals surface area contributed by atoms with Gasteiger partial charge in [-0.15, -0.1) is 0 Å². The Bertz CT molecular complexity index is 504. The van der Waals surface area contributed by atoms with Crippen LogP contribution in [-0.2, 0) is 0 Å². The molecular formula is C15H22FN3OS. The summed E-state index contributed by atoms with van der Waals surface area (Å²) in [5.74, 6) is 0.322. The summed E-state index contributed by atoms with van der Waals surface area (Å²) < 4.78 is 14.3. The summed E-state index contributed by atoms with van der Waals surface area (Å²) in [6.07, 6.45) is 4.58. The average molecular weight is 311 g/mol. The fraction of sp³-hybridized carbons (Fsp3) is 0.600. The molecule has 4 nitrogen and oxygen atoms in total. The molecule has 6 heteroatoms. The molecule has 21 heavy (non-hydrogen) atoms. The molecule has 1 amide bonds. The van der Waals surface area contributed by atoms with Gasteiger partial charge in [0.1, 0.15) is 0 Å². The highest BCUT2D eigenvalue weighted by Gasteiger charge is 2.30. The van der Waals surface area contributed by atoms with Gasteiger partial charge in [-0.05, 0) is 38.0 Å². The van der Waals surface area contributed by atoms with Gasteiger partial charge in [0.05, 0.1) is 5.56 Å². The summed E-state index contributed by atoms with van der Waals surface area (Å²) in [5.41, 5.74) is 0.0511. The SMILES string of the molecule is CCCNc1nccc(C(=O)NCC2(C)CCCS2)c1F. The number of nitrogens with zero attached hydrogens (tertiary/aromatic N) is 1. The molecular weight excluding hydrogens is 289 g/mol. The van der Waals surface area contributed by atoms with Crippen molar-refractivity contribution in [3.05, 3.63) is 23.6 Å². The summed E-state index contributed by atoms with van der Waals surface area (Å²) >= 11 is 1.87. The first-order valence-corrected chi connectivity index (χ1v) is 8.35. The highest BCUT2D eigenvalue weighted by Crippen LogP contribution is 2.37. The minimum Gasteiger partial charge on any atom is -0.368 e. The lowest BCUT2D eigenvalue weighted by Gasteiger charge is -2.23. The van der Waals surface area contributed by atoms with Crippen LogP contribution >= 0.6 is 11.8 Å². The van der Waals surface area contributed by atoms with Gasteiger partial charge in [-0.2, -0.15) is 11.8 Å². The van der Waals surface area contributed by atoms with Gasteiger partial charge in [0, 0.05) is 24.0 Å². The molecule has 0 radical (unpaired) electrons. The molecule has 1 fully saturated rings. The predicted molar refractivity (Wildman–Crippen MR) is 85.4 cm³/mol. The lowest BCUT2D eigenvalue weighted by Crippen LogP contribution is -2.37. The van der Waals surface area contributed by atoms with Crippen molar-refractivity contribution in [2.24, 2.45) is 0 Å². The van der Waals surface area contributed by atoms with Crippen LogP contribution < -0.4 is 10.6 Å². The van der Waals surface area contributed by atoms with E-state index in [9.17, 15) is 9.18 Å². The number of pyridine rings is 1.